The topological polar surface area (TPSA) is 87.3 Å². The second-order valence-corrected chi connectivity index (χ2v) is 8.98. The van der Waals surface area contributed by atoms with Crippen LogP contribution in [-0.2, 0) is 16.0 Å². The number of likely N-dealkylation sites (tertiary alicyclic amines) is 1. The number of aromatic amines is 1. The van der Waals surface area contributed by atoms with Crippen LogP contribution in [0.1, 0.15) is 16.1 Å². The molecule has 4 heterocycles. The number of nitrogens with one attached hydrogen (secondary N) is 2. The highest BCUT2D eigenvalue weighted by Crippen LogP contribution is 2.30. The van der Waals surface area contributed by atoms with Crippen molar-refractivity contribution in [1.82, 2.24) is 20.2 Å². The molecule has 2 fully saturated rings. The lowest BCUT2D eigenvalue weighted by Crippen LogP contribution is -2.49. The van der Waals surface area contributed by atoms with E-state index in [4.69, 9.17) is 16.3 Å². The number of rotatable bonds is 5. The highest BCUT2D eigenvalue weighted by Gasteiger charge is 2.41. The third-order valence-electron chi connectivity index (χ3n) is 6.28. The van der Waals surface area contributed by atoms with E-state index < -0.39 is 23.6 Å². The molecule has 10 heteroatoms. The molecule has 2 amide bonds. The summed E-state index contributed by atoms with van der Waals surface area (Å²) in [4.78, 5) is 35.1. The van der Waals surface area contributed by atoms with Gasteiger partial charge >= 0.3 is 0 Å². The van der Waals surface area contributed by atoms with Crippen molar-refractivity contribution >= 4 is 34.4 Å². The fourth-order valence-electron chi connectivity index (χ4n) is 4.54. The average Bonchev–Trinajstić information content (AvgIpc) is 3.48. The molecule has 7 nitrogen and oxygen atoms in total. The molecule has 2 saturated heterocycles. The first-order valence-corrected chi connectivity index (χ1v) is 11.0. The van der Waals surface area contributed by atoms with Crippen molar-refractivity contribution in [3.63, 3.8) is 0 Å². The van der Waals surface area contributed by atoms with E-state index in [1.807, 2.05) is 0 Å². The first-order valence-electron chi connectivity index (χ1n) is 10.6. The van der Waals surface area contributed by atoms with E-state index in [2.05, 4.69) is 15.3 Å². The van der Waals surface area contributed by atoms with Crippen LogP contribution in [0.3, 0.4) is 0 Å². The zero-order chi connectivity index (χ0) is 23.1. The third-order valence-corrected chi connectivity index (χ3v) is 6.48. The zero-order valence-corrected chi connectivity index (χ0v) is 18.2. The van der Waals surface area contributed by atoms with Gasteiger partial charge in [0.2, 0.25) is 5.91 Å². The highest BCUT2D eigenvalue weighted by molar-refractivity contribution is 6.31. The van der Waals surface area contributed by atoms with Crippen molar-refractivity contribution in [3.8, 4) is 0 Å². The minimum atomic E-state index is -1.03. The number of hydrogen-bond acceptors (Lipinski definition) is 4. The number of benzene rings is 1. The number of carbonyl (C=O) groups is 2. The van der Waals surface area contributed by atoms with Crippen LogP contribution in [0.5, 0.6) is 0 Å². The van der Waals surface area contributed by atoms with Crippen molar-refractivity contribution in [2.45, 2.75) is 12.5 Å². The molecule has 5 rings (SSSR count). The molecule has 2 unspecified atom stereocenters. The summed E-state index contributed by atoms with van der Waals surface area (Å²) in [6, 6.07) is 5.41. The Morgan fingerprint density at radius 2 is 1.97 bits per heavy atom. The number of amides is 2. The molecule has 0 radical (unpaired) electrons. The van der Waals surface area contributed by atoms with E-state index in [-0.39, 0.29) is 35.4 Å². The van der Waals surface area contributed by atoms with Crippen LogP contribution in [0.4, 0.5) is 8.78 Å². The maximum absolute atomic E-state index is 14.4. The van der Waals surface area contributed by atoms with Gasteiger partial charge < -0.3 is 19.9 Å². The lowest BCUT2D eigenvalue weighted by molar-refractivity contribution is -0.132. The first kappa shape index (κ1) is 21.8. The summed E-state index contributed by atoms with van der Waals surface area (Å²) in [6.07, 6.45) is 1.35. The van der Waals surface area contributed by atoms with Crippen LogP contribution >= 0.6 is 11.6 Å². The lowest BCUT2D eigenvalue weighted by Gasteiger charge is -2.25. The van der Waals surface area contributed by atoms with Gasteiger partial charge in [-0.2, -0.15) is 0 Å². The van der Waals surface area contributed by atoms with Gasteiger partial charge in [0, 0.05) is 49.0 Å². The predicted molar refractivity (Wildman–Crippen MR) is 117 cm³/mol. The largest absolute Gasteiger partial charge is 0.381 e. The molecule has 2 aliphatic heterocycles. The third kappa shape index (κ3) is 4.43. The summed E-state index contributed by atoms with van der Waals surface area (Å²) in [5, 5.41) is 3.80. The fourth-order valence-corrected chi connectivity index (χ4v) is 4.71. The number of aromatic nitrogens is 2. The van der Waals surface area contributed by atoms with Gasteiger partial charge in [0.1, 0.15) is 29.0 Å². The Kier molecular flexibility index (Phi) is 5.76. The molecule has 0 spiro atoms. The van der Waals surface area contributed by atoms with E-state index in [1.54, 1.807) is 17.0 Å². The monoisotopic (exact) mass is 474 g/mol. The number of carbonyl (C=O) groups excluding carboxylic acids is 2. The van der Waals surface area contributed by atoms with Crippen molar-refractivity contribution < 1.29 is 23.1 Å². The standard InChI is InChI=1S/C23H21ClF2N4O3/c24-16-3-13-5-19(28-21(13)27-7-16)22(31)29-20(4-12-1-2-17(25)6-18(12)26)23(32)30-8-14-10-33-11-15(14)9-30/h1-3,5-7,14-15,20H,4,8-11H2,(H,27,28)(H,29,31)/t14?,15?,20-/m0/s1. The number of hydrogen-bond donors (Lipinski definition) is 2. The molecule has 0 aliphatic carbocycles. The van der Waals surface area contributed by atoms with E-state index >= 15 is 0 Å². The molecular weight excluding hydrogens is 454 g/mol. The Labute approximate surface area is 193 Å². The molecule has 3 aromatic rings. The molecule has 2 N–H and O–H groups in total. The van der Waals surface area contributed by atoms with Gasteiger partial charge in [-0.05, 0) is 23.8 Å². The first-order chi connectivity index (χ1) is 15.9. The van der Waals surface area contributed by atoms with Gasteiger partial charge in [-0.25, -0.2) is 13.8 Å². The van der Waals surface area contributed by atoms with E-state index in [0.717, 1.165) is 12.1 Å². The smallest absolute Gasteiger partial charge is 0.268 e. The molecule has 2 aliphatic rings. The van der Waals surface area contributed by atoms with Crippen molar-refractivity contribution in [1.29, 1.82) is 0 Å². The molecule has 0 saturated carbocycles. The normalized spacial score (nSPS) is 20.8. The maximum atomic E-state index is 14.4. The van der Waals surface area contributed by atoms with Gasteiger partial charge in [0.25, 0.3) is 5.91 Å². The Hall–Kier alpha value is -3.04. The molecule has 0 bridgehead atoms. The Balaban J connectivity index is 1.39. The van der Waals surface area contributed by atoms with Gasteiger partial charge in [0.05, 0.1) is 18.2 Å². The minimum absolute atomic E-state index is 0.108. The van der Waals surface area contributed by atoms with Crippen molar-refractivity contribution in [2.24, 2.45) is 11.8 Å². The number of ether oxygens (including phenoxy) is 1. The Morgan fingerprint density at radius 3 is 2.70 bits per heavy atom. The highest BCUT2D eigenvalue weighted by atomic mass is 35.5. The van der Waals surface area contributed by atoms with E-state index in [0.29, 0.717) is 42.4 Å². The summed E-state index contributed by atoms with van der Waals surface area (Å²) >= 11 is 5.96. The molecule has 3 atom stereocenters. The number of pyridine rings is 1. The van der Waals surface area contributed by atoms with Gasteiger partial charge in [-0.1, -0.05) is 17.7 Å². The van der Waals surface area contributed by atoms with Crippen molar-refractivity contribution in [3.05, 3.63) is 64.4 Å². The Morgan fingerprint density at radius 1 is 1.21 bits per heavy atom. The quantitative estimate of drug-likeness (QED) is 0.595. The number of nitrogens with zero attached hydrogens (tertiary/aromatic N) is 2. The second kappa shape index (κ2) is 8.72. The molecule has 33 heavy (non-hydrogen) atoms. The van der Waals surface area contributed by atoms with Gasteiger partial charge in [0.15, 0.2) is 0 Å². The molecule has 2 aromatic heterocycles. The summed E-state index contributed by atoms with van der Waals surface area (Å²) < 4.78 is 33.2. The van der Waals surface area contributed by atoms with Gasteiger partial charge in [-0.15, -0.1) is 0 Å². The minimum Gasteiger partial charge on any atom is -0.381 e. The summed E-state index contributed by atoms with van der Waals surface area (Å²) in [5.41, 5.74) is 0.816. The van der Waals surface area contributed by atoms with Crippen LogP contribution in [0.2, 0.25) is 5.02 Å². The van der Waals surface area contributed by atoms with Crippen LogP contribution in [-0.4, -0.2) is 59.0 Å². The van der Waals surface area contributed by atoms with Gasteiger partial charge in [-0.3, -0.25) is 9.59 Å². The number of fused-ring (bicyclic) bond motifs is 2. The fraction of sp³-hybridized carbons (Fsp3) is 0.348. The molecular formula is C23H21ClF2N4O3. The van der Waals surface area contributed by atoms with Crippen LogP contribution in [0, 0.1) is 23.5 Å². The number of H-pyrrole nitrogens is 1. The Bertz CT molecular complexity index is 1220. The van der Waals surface area contributed by atoms with E-state index in [9.17, 15) is 18.4 Å². The lowest BCUT2D eigenvalue weighted by atomic mass is 10.0. The van der Waals surface area contributed by atoms with Crippen LogP contribution in [0.25, 0.3) is 11.0 Å². The molecule has 1 aromatic carbocycles. The second-order valence-electron chi connectivity index (χ2n) is 8.54. The molecule has 172 valence electrons. The SMILES string of the molecule is O=C(N[C@@H](Cc1ccc(F)cc1F)C(=O)N1CC2COCC2C1)c1cc2cc(Cl)cnc2[nH]1. The predicted octanol–water partition coefficient (Wildman–Crippen LogP) is 2.94. The van der Waals surface area contributed by atoms with Crippen LogP contribution in [0.15, 0.2) is 36.5 Å². The average molecular weight is 475 g/mol. The summed E-state index contributed by atoms with van der Waals surface area (Å²) in [7, 11) is 0. The van der Waals surface area contributed by atoms with Crippen LogP contribution < -0.4 is 5.32 Å². The number of halogens is 3. The summed E-state index contributed by atoms with van der Waals surface area (Å²) in [6.45, 7) is 2.25. The zero-order valence-electron chi connectivity index (χ0n) is 17.5. The summed E-state index contributed by atoms with van der Waals surface area (Å²) in [5.74, 6) is -1.79. The maximum Gasteiger partial charge on any atom is 0.268 e. The van der Waals surface area contributed by atoms with Crippen molar-refractivity contribution in [2.75, 3.05) is 26.3 Å². The van der Waals surface area contributed by atoms with E-state index in [1.165, 1.54) is 12.3 Å².